The van der Waals surface area contributed by atoms with Gasteiger partial charge in [0.15, 0.2) is 0 Å². The lowest BCUT2D eigenvalue weighted by molar-refractivity contribution is -0.138. The van der Waals surface area contributed by atoms with Crippen molar-refractivity contribution in [3.63, 3.8) is 0 Å². The topological polar surface area (TPSA) is 176 Å². The number of amides is 5. The number of aromatic nitrogens is 1. The van der Waals surface area contributed by atoms with Crippen LogP contribution in [0.2, 0.25) is 0 Å². The molecule has 4 N–H and O–H groups in total. The van der Waals surface area contributed by atoms with Gasteiger partial charge in [-0.1, -0.05) is 31.2 Å². The Morgan fingerprint density at radius 2 is 1.76 bits per heavy atom. The number of nitrogens with zero attached hydrogens (tertiary/aromatic N) is 2. The van der Waals surface area contributed by atoms with E-state index in [1.54, 1.807) is 20.2 Å². The third kappa shape index (κ3) is 8.74. The largest absolute Gasteiger partial charge is 0.353 e. The predicted octanol–water partition coefficient (Wildman–Crippen LogP) is 1.82. The van der Waals surface area contributed by atoms with Gasteiger partial charge in [-0.15, -0.1) is 0 Å². The molecule has 4 bridgehead atoms. The van der Waals surface area contributed by atoms with Crippen LogP contribution in [-0.4, -0.2) is 78.5 Å². The van der Waals surface area contributed by atoms with E-state index in [1.807, 2.05) is 24.3 Å². The molecule has 5 amide bonds. The van der Waals surface area contributed by atoms with Crippen molar-refractivity contribution in [3.05, 3.63) is 64.1 Å². The second-order valence-electron chi connectivity index (χ2n) is 15.1. The van der Waals surface area contributed by atoms with Crippen LogP contribution in [0.4, 0.5) is 5.69 Å². The first kappa shape index (κ1) is 37.4. The molecule has 1 aromatic heterocycles. The van der Waals surface area contributed by atoms with Crippen LogP contribution < -0.4 is 26.8 Å². The van der Waals surface area contributed by atoms with Crippen LogP contribution in [0.1, 0.15) is 63.0 Å². The van der Waals surface area contributed by atoms with Gasteiger partial charge in [-0.05, 0) is 97.8 Å². The molecule has 7 atom stereocenters. The van der Waals surface area contributed by atoms with E-state index in [4.69, 9.17) is 0 Å². The fourth-order valence-corrected chi connectivity index (χ4v) is 8.83. The summed E-state index contributed by atoms with van der Waals surface area (Å²) >= 11 is 0. The Balaban J connectivity index is 0.000000943. The molecule has 5 aliphatic rings. The van der Waals surface area contributed by atoms with E-state index in [2.05, 4.69) is 28.2 Å². The van der Waals surface area contributed by atoms with Crippen molar-refractivity contribution in [1.29, 1.82) is 0 Å². The Morgan fingerprint density at radius 1 is 1.04 bits per heavy atom. The Bertz CT molecular complexity index is 1720. The van der Waals surface area contributed by atoms with Gasteiger partial charge in [0, 0.05) is 45.7 Å². The molecule has 2 aromatic rings. The van der Waals surface area contributed by atoms with E-state index < -0.39 is 29.2 Å². The van der Waals surface area contributed by atoms with Crippen LogP contribution in [0.25, 0.3) is 0 Å². The zero-order valence-electron chi connectivity index (χ0n) is 29.9. The van der Waals surface area contributed by atoms with Crippen LogP contribution in [0.3, 0.4) is 0 Å². The van der Waals surface area contributed by atoms with Gasteiger partial charge in [-0.3, -0.25) is 33.6 Å². The summed E-state index contributed by atoms with van der Waals surface area (Å²) in [5.41, 5.74) is 1.98. The molecule has 0 radical (unpaired) electrons. The second-order valence-corrected chi connectivity index (χ2v) is 15.1. The highest BCUT2D eigenvalue weighted by atomic mass is 16.2. The average molecular weight is 703 g/mol. The number of carbonyl (C=O) groups is 6. The molecule has 274 valence electrons. The molecule has 1 aromatic carbocycles. The van der Waals surface area contributed by atoms with Crippen LogP contribution in [0, 0.1) is 29.1 Å². The lowest BCUT2D eigenvalue weighted by Crippen LogP contribution is -2.48. The Morgan fingerprint density at radius 3 is 2.45 bits per heavy atom. The number of nitrogens with one attached hydrogen (secondary N) is 4. The third-order valence-corrected chi connectivity index (χ3v) is 11.2. The fourth-order valence-electron chi connectivity index (χ4n) is 8.83. The number of hydrogen-bond donors (Lipinski definition) is 4. The smallest absolute Gasteiger partial charge is 0.287 e. The first-order chi connectivity index (χ1) is 24.3. The van der Waals surface area contributed by atoms with E-state index in [0.717, 1.165) is 43.6 Å². The number of ketones is 1. The number of anilines is 1. The van der Waals surface area contributed by atoms with Gasteiger partial charge in [0.2, 0.25) is 29.9 Å². The lowest BCUT2D eigenvalue weighted by Gasteiger charge is -2.32. The summed E-state index contributed by atoms with van der Waals surface area (Å²) < 4.78 is 1.26. The quantitative estimate of drug-likeness (QED) is 0.193. The van der Waals surface area contributed by atoms with E-state index in [1.165, 1.54) is 40.8 Å². The van der Waals surface area contributed by atoms with Crippen molar-refractivity contribution in [1.82, 2.24) is 25.4 Å². The number of rotatable bonds is 12. The van der Waals surface area contributed by atoms with Crippen LogP contribution >= 0.6 is 0 Å². The Hall–Kier alpha value is -4.81. The first-order valence-electron chi connectivity index (χ1n) is 17.8. The molecule has 0 spiro atoms. The molecule has 4 fully saturated rings. The van der Waals surface area contributed by atoms with E-state index in [-0.39, 0.29) is 48.8 Å². The van der Waals surface area contributed by atoms with Gasteiger partial charge in [0.25, 0.3) is 11.5 Å². The Labute approximate surface area is 298 Å². The van der Waals surface area contributed by atoms with E-state index in [0.29, 0.717) is 30.1 Å². The van der Waals surface area contributed by atoms with Crippen molar-refractivity contribution in [2.24, 2.45) is 29.1 Å². The molecule has 7 rings (SSSR count). The summed E-state index contributed by atoms with van der Waals surface area (Å²) in [4.78, 5) is 88.3. The molecular weight excluding hydrogens is 652 g/mol. The maximum absolute atomic E-state index is 13.5. The van der Waals surface area contributed by atoms with Gasteiger partial charge in [-0.2, -0.15) is 0 Å². The zero-order chi connectivity index (χ0) is 36.9. The summed E-state index contributed by atoms with van der Waals surface area (Å²) in [7, 11) is 4.72. The maximum atomic E-state index is 13.5. The number of aryl methyl sites for hydroxylation is 1. The van der Waals surface area contributed by atoms with Crippen molar-refractivity contribution in [2.45, 2.75) is 83.3 Å². The average Bonchev–Trinajstić information content (AvgIpc) is 3.46. The minimum absolute atomic E-state index is 0.0464. The summed E-state index contributed by atoms with van der Waals surface area (Å²) in [5, 5.41) is 10.9. The van der Waals surface area contributed by atoms with Crippen molar-refractivity contribution in [2.75, 3.05) is 26.5 Å². The van der Waals surface area contributed by atoms with Gasteiger partial charge in [-0.25, -0.2) is 0 Å². The second kappa shape index (κ2) is 16.0. The standard InChI is InChI=1S/C35H43N5O6.C3H7NO/c1-35-17-20-14-24(18-35)30(25(35)15-20)39-29(42)19-40-13-5-8-27(34(40)46)38-32(44)26(11-12-28(41)33(45)36-2)37-31(43)23-10-9-21-6-3-4-7-22(21)16-23;1-4(2)3-5/h3-8,13,20,23-26,30H,9-12,14-19H2,1-2H3,(H,36,45)(H,37,43)(H,38,44)(H,39,42);3H,1-2H3. The highest BCUT2D eigenvalue weighted by Gasteiger charge is 2.60. The number of Topliss-reactive ketones (excluding diaryl/α,β-unsaturated/α-hetero) is 1. The number of likely N-dealkylation sites (N-methyl/N-ethyl adjacent to an activating group) is 1. The number of benzene rings is 1. The molecular formula is C38H50N6O7. The summed E-state index contributed by atoms with van der Waals surface area (Å²) in [5.74, 6) is -1.38. The molecule has 13 heteroatoms. The van der Waals surface area contributed by atoms with Crippen LogP contribution in [0.15, 0.2) is 47.4 Å². The monoisotopic (exact) mass is 702 g/mol. The van der Waals surface area contributed by atoms with Crippen molar-refractivity contribution < 1.29 is 28.8 Å². The fraction of sp³-hybridized carbons (Fsp3) is 0.553. The molecule has 4 saturated carbocycles. The predicted molar refractivity (Wildman–Crippen MR) is 190 cm³/mol. The molecule has 5 aliphatic carbocycles. The van der Waals surface area contributed by atoms with Gasteiger partial charge < -0.3 is 30.7 Å². The van der Waals surface area contributed by atoms with Gasteiger partial charge in [0.1, 0.15) is 18.3 Å². The summed E-state index contributed by atoms with van der Waals surface area (Å²) in [6.07, 6.45) is 8.42. The number of pyridine rings is 1. The SMILES string of the molecule is CN(C)C=O.CNC(=O)C(=O)CCC(NC(=O)C1CCc2ccccc2C1)C(=O)Nc1cccn(CC(=O)NC2C3CC4CC2C(C)(C4)C3)c1=O. The Kier molecular flexibility index (Phi) is 11.8. The van der Waals surface area contributed by atoms with Crippen LogP contribution in [0.5, 0.6) is 0 Å². The molecule has 0 aliphatic heterocycles. The molecule has 13 nitrogen and oxygen atoms in total. The number of carbonyl (C=O) groups excluding carboxylic acids is 6. The molecule has 7 unspecified atom stereocenters. The van der Waals surface area contributed by atoms with Crippen molar-refractivity contribution >= 4 is 41.5 Å². The van der Waals surface area contributed by atoms with Crippen LogP contribution in [-0.2, 0) is 48.2 Å². The zero-order valence-corrected chi connectivity index (χ0v) is 29.9. The highest BCUT2D eigenvalue weighted by molar-refractivity contribution is 6.36. The van der Waals surface area contributed by atoms with Gasteiger partial charge >= 0.3 is 0 Å². The molecule has 0 saturated heterocycles. The van der Waals surface area contributed by atoms with Gasteiger partial charge in [0.05, 0.1) is 0 Å². The minimum Gasteiger partial charge on any atom is -0.353 e. The molecule has 51 heavy (non-hydrogen) atoms. The minimum atomic E-state index is -1.16. The van der Waals surface area contributed by atoms with E-state index in [9.17, 15) is 33.6 Å². The third-order valence-electron chi connectivity index (χ3n) is 11.2. The molecule has 1 heterocycles. The number of hydrogen-bond acceptors (Lipinski definition) is 7. The summed E-state index contributed by atoms with van der Waals surface area (Å²) in [6.45, 7) is 2.16. The summed E-state index contributed by atoms with van der Waals surface area (Å²) in [6, 6.07) is 9.92. The first-order valence-corrected chi connectivity index (χ1v) is 17.8. The van der Waals surface area contributed by atoms with Crippen molar-refractivity contribution in [3.8, 4) is 0 Å². The highest BCUT2D eigenvalue weighted by Crippen LogP contribution is 2.65. The lowest BCUT2D eigenvalue weighted by atomic mass is 9.77. The number of fused-ring (bicyclic) bond motifs is 1. The van der Waals surface area contributed by atoms with E-state index >= 15 is 0 Å². The normalized spacial score (nSPS) is 25.7. The maximum Gasteiger partial charge on any atom is 0.287 e.